The van der Waals surface area contributed by atoms with E-state index in [1.807, 2.05) is 53.2 Å². The highest BCUT2D eigenvalue weighted by Gasteiger charge is 2.13. The molecule has 0 spiro atoms. The van der Waals surface area contributed by atoms with E-state index in [-0.39, 0.29) is 0 Å². The van der Waals surface area contributed by atoms with Crippen LogP contribution < -0.4 is 4.74 Å². The van der Waals surface area contributed by atoms with E-state index in [2.05, 4.69) is 24.6 Å². The van der Waals surface area contributed by atoms with Crippen LogP contribution in [0.1, 0.15) is 0 Å². The number of nitrogens with zero attached hydrogens (tertiary/aromatic N) is 2. The van der Waals surface area contributed by atoms with Crippen molar-refractivity contribution in [3.05, 3.63) is 54.9 Å². The summed E-state index contributed by atoms with van der Waals surface area (Å²) in [5.41, 5.74) is 0.886. The van der Waals surface area contributed by atoms with Crippen LogP contribution in [0.5, 0.6) is 11.5 Å². The monoisotopic (exact) mass is 340 g/mol. The van der Waals surface area contributed by atoms with Crippen LogP contribution in [0.4, 0.5) is 0 Å². The van der Waals surface area contributed by atoms with Crippen LogP contribution in [0.2, 0.25) is 25.7 Å². The molecular formula is C19H24N2O2Si. The Morgan fingerprint density at radius 3 is 2.58 bits per heavy atom. The van der Waals surface area contributed by atoms with Gasteiger partial charge in [-0.15, -0.1) is 0 Å². The van der Waals surface area contributed by atoms with Gasteiger partial charge in [0.15, 0.2) is 0 Å². The van der Waals surface area contributed by atoms with Gasteiger partial charge >= 0.3 is 0 Å². The topological polar surface area (TPSA) is 36.3 Å². The highest BCUT2D eigenvalue weighted by Crippen LogP contribution is 2.29. The SMILES string of the molecule is C[Si](C)(C)CCOCn1ccc2c(Oc3ccccc3)ccnc21. The quantitative estimate of drug-likeness (QED) is 0.441. The maximum Gasteiger partial charge on any atom is 0.145 e. The summed E-state index contributed by atoms with van der Waals surface area (Å²) in [6, 6.07) is 14.9. The van der Waals surface area contributed by atoms with E-state index in [0.29, 0.717) is 6.73 Å². The number of aromatic nitrogens is 2. The molecule has 0 bridgehead atoms. The molecule has 2 heterocycles. The summed E-state index contributed by atoms with van der Waals surface area (Å²) >= 11 is 0. The lowest BCUT2D eigenvalue weighted by Crippen LogP contribution is -2.22. The molecule has 0 aliphatic rings. The van der Waals surface area contributed by atoms with Crippen LogP contribution >= 0.6 is 0 Å². The van der Waals surface area contributed by atoms with Crippen LogP contribution in [0, 0.1) is 0 Å². The Kier molecular flexibility index (Phi) is 5.02. The van der Waals surface area contributed by atoms with Gasteiger partial charge in [0.25, 0.3) is 0 Å². The summed E-state index contributed by atoms with van der Waals surface area (Å²) in [5, 5.41) is 0.996. The number of benzene rings is 1. The van der Waals surface area contributed by atoms with Crippen molar-refractivity contribution >= 4 is 19.1 Å². The molecule has 0 saturated heterocycles. The fraction of sp³-hybridized carbons (Fsp3) is 0.316. The molecule has 2 aromatic heterocycles. The van der Waals surface area contributed by atoms with E-state index in [1.165, 1.54) is 6.04 Å². The number of pyridine rings is 1. The Hall–Kier alpha value is -2.11. The van der Waals surface area contributed by atoms with Gasteiger partial charge in [-0.1, -0.05) is 37.8 Å². The highest BCUT2D eigenvalue weighted by atomic mass is 28.3. The van der Waals surface area contributed by atoms with Crippen molar-refractivity contribution in [2.24, 2.45) is 0 Å². The van der Waals surface area contributed by atoms with Gasteiger partial charge in [-0.05, 0) is 30.3 Å². The number of hydrogen-bond acceptors (Lipinski definition) is 3. The lowest BCUT2D eigenvalue weighted by Gasteiger charge is -2.15. The van der Waals surface area contributed by atoms with E-state index >= 15 is 0 Å². The maximum absolute atomic E-state index is 5.99. The Morgan fingerprint density at radius 2 is 1.83 bits per heavy atom. The number of fused-ring (bicyclic) bond motifs is 1. The van der Waals surface area contributed by atoms with Crippen molar-refractivity contribution < 1.29 is 9.47 Å². The van der Waals surface area contributed by atoms with Crippen molar-refractivity contribution in [3.8, 4) is 11.5 Å². The summed E-state index contributed by atoms with van der Waals surface area (Å²) in [7, 11) is -1.06. The predicted molar refractivity (Wildman–Crippen MR) is 100 cm³/mol. The molecule has 0 amide bonds. The Labute approximate surface area is 144 Å². The Bertz CT molecular complexity index is 794. The predicted octanol–water partition coefficient (Wildman–Crippen LogP) is 5.14. The second kappa shape index (κ2) is 7.19. The average molecular weight is 340 g/mol. The third-order valence-corrected chi connectivity index (χ3v) is 5.52. The molecule has 0 fully saturated rings. The molecule has 5 heteroatoms. The summed E-state index contributed by atoms with van der Waals surface area (Å²) in [4.78, 5) is 4.48. The van der Waals surface area contributed by atoms with Gasteiger partial charge < -0.3 is 14.0 Å². The molecule has 0 atom stereocenters. The average Bonchev–Trinajstić information content (AvgIpc) is 2.96. The largest absolute Gasteiger partial charge is 0.457 e. The third-order valence-electron chi connectivity index (χ3n) is 3.82. The maximum atomic E-state index is 5.99. The van der Waals surface area contributed by atoms with Crippen molar-refractivity contribution in [1.82, 2.24) is 9.55 Å². The minimum Gasteiger partial charge on any atom is -0.457 e. The number of para-hydroxylation sites is 1. The van der Waals surface area contributed by atoms with Gasteiger partial charge in [-0.2, -0.15) is 0 Å². The van der Waals surface area contributed by atoms with Crippen LogP contribution in [-0.4, -0.2) is 24.2 Å². The molecule has 0 saturated carbocycles. The fourth-order valence-corrected chi connectivity index (χ4v) is 3.17. The molecule has 0 unspecified atom stereocenters. The molecule has 126 valence electrons. The first-order valence-electron chi connectivity index (χ1n) is 8.27. The molecule has 0 radical (unpaired) electrons. The van der Waals surface area contributed by atoms with Gasteiger partial charge in [0.05, 0.1) is 5.39 Å². The molecule has 0 N–H and O–H groups in total. The second-order valence-corrected chi connectivity index (χ2v) is 12.7. The lowest BCUT2D eigenvalue weighted by molar-refractivity contribution is 0.0899. The molecule has 3 rings (SSSR count). The summed E-state index contributed by atoms with van der Waals surface area (Å²) < 4.78 is 13.8. The van der Waals surface area contributed by atoms with Gasteiger partial charge in [0, 0.05) is 27.1 Å². The minimum absolute atomic E-state index is 0.524. The number of hydrogen-bond donors (Lipinski definition) is 0. The molecule has 1 aromatic carbocycles. The zero-order valence-electron chi connectivity index (χ0n) is 14.5. The van der Waals surface area contributed by atoms with E-state index < -0.39 is 8.07 Å². The molecule has 0 aliphatic heterocycles. The summed E-state index contributed by atoms with van der Waals surface area (Å²) in [5.74, 6) is 1.64. The smallest absolute Gasteiger partial charge is 0.145 e. The normalized spacial score (nSPS) is 11.8. The number of rotatable bonds is 7. The molecule has 0 aliphatic carbocycles. The summed E-state index contributed by atoms with van der Waals surface area (Å²) in [6.45, 7) is 8.40. The van der Waals surface area contributed by atoms with Crippen molar-refractivity contribution in [2.75, 3.05) is 6.61 Å². The Balaban J connectivity index is 1.72. The van der Waals surface area contributed by atoms with E-state index in [4.69, 9.17) is 9.47 Å². The molecule has 24 heavy (non-hydrogen) atoms. The molecular weight excluding hydrogens is 316 g/mol. The van der Waals surface area contributed by atoms with Crippen LogP contribution in [-0.2, 0) is 11.5 Å². The van der Waals surface area contributed by atoms with Gasteiger partial charge in [-0.3, -0.25) is 0 Å². The van der Waals surface area contributed by atoms with Crippen LogP contribution in [0.3, 0.4) is 0 Å². The zero-order valence-corrected chi connectivity index (χ0v) is 15.5. The first-order chi connectivity index (χ1) is 11.5. The first kappa shape index (κ1) is 16.7. The standard InChI is InChI=1S/C19H24N2O2Si/c1-24(2,3)14-13-22-15-21-12-10-17-18(9-11-20-19(17)21)23-16-7-5-4-6-8-16/h4-12H,13-15H2,1-3H3. The fourth-order valence-electron chi connectivity index (χ4n) is 2.42. The van der Waals surface area contributed by atoms with Crippen molar-refractivity contribution in [3.63, 3.8) is 0 Å². The zero-order chi connectivity index (χ0) is 17.0. The summed E-state index contributed by atoms with van der Waals surface area (Å²) in [6.07, 6.45) is 3.78. The van der Waals surface area contributed by atoms with Gasteiger partial charge in [0.2, 0.25) is 0 Å². The van der Waals surface area contributed by atoms with Crippen molar-refractivity contribution in [2.45, 2.75) is 32.4 Å². The second-order valence-electron chi connectivity index (χ2n) is 7.10. The first-order valence-corrected chi connectivity index (χ1v) is 12.0. The van der Waals surface area contributed by atoms with E-state index in [9.17, 15) is 0 Å². The Morgan fingerprint density at radius 1 is 1.04 bits per heavy atom. The lowest BCUT2D eigenvalue weighted by atomic mass is 10.3. The number of ether oxygens (including phenoxy) is 2. The van der Waals surface area contributed by atoms with Crippen LogP contribution in [0.15, 0.2) is 54.9 Å². The minimum atomic E-state index is -1.06. The van der Waals surface area contributed by atoms with E-state index in [0.717, 1.165) is 29.1 Å². The van der Waals surface area contributed by atoms with Crippen LogP contribution in [0.25, 0.3) is 11.0 Å². The third kappa shape index (κ3) is 4.24. The van der Waals surface area contributed by atoms with Crippen molar-refractivity contribution in [1.29, 1.82) is 0 Å². The van der Waals surface area contributed by atoms with Gasteiger partial charge in [0.1, 0.15) is 23.9 Å². The van der Waals surface area contributed by atoms with E-state index in [1.54, 1.807) is 6.20 Å². The molecule has 4 nitrogen and oxygen atoms in total. The highest BCUT2D eigenvalue weighted by molar-refractivity contribution is 6.76. The van der Waals surface area contributed by atoms with Gasteiger partial charge in [-0.25, -0.2) is 4.98 Å². The molecule has 3 aromatic rings.